The van der Waals surface area contributed by atoms with Crippen molar-refractivity contribution in [3.63, 3.8) is 0 Å². The Kier molecular flexibility index (Phi) is 3.36. The smallest absolute Gasteiger partial charge is 0.0470 e. The summed E-state index contributed by atoms with van der Waals surface area (Å²) in [4.78, 5) is 3.47. The molecule has 2 N–H and O–H groups in total. The molecule has 0 atom stereocenters. The minimum Gasteiger partial charge on any atom is -0.357 e. The number of halogens is 1. The molecule has 1 aromatic heterocycles. The molecule has 1 aromatic carbocycles. The number of nitrogens with one attached hydrogen (secondary N) is 2. The normalized spacial score (nSPS) is 11.6. The van der Waals surface area contributed by atoms with Crippen LogP contribution in [0.4, 0.5) is 0 Å². The van der Waals surface area contributed by atoms with Gasteiger partial charge in [-0.1, -0.05) is 35.8 Å². The van der Waals surface area contributed by atoms with Gasteiger partial charge >= 0.3 is 0 Å². The first-order valence-corrected chi connectivity index (χ1v) is 6.37. The van der Waals surface area contributed by atoms with Gasteiger partial charge in [-0.25, -0.2) is 0 Å². The van der Waals surface area contributed by atoms with Crippen LogP contribution in [-0.4, -0.2) is 11.0 Å². The van der Waals surface area contributed by atoms with E-state index in [2.05, 4.69) is 65.2 Å². The molecule has 3 heteroatoms. The van der Waals surface area contributed by atoms with E-state index in [1.807, 2.05) is 0 Å². The van der Waals surface area contributed by atoms with Crippen molar-refractivity contribution in [2.45, 2.75) is 33.4 Å². The van der Waals surface area contributed by atoms with Crippen molar-refractivity contribution >= 4 is 26.8 Å². The van der Waals surface area contributed by atoms with Crippen LogP contribution in [0.25, 0.3) is 10.9 Å². The number of aromatic nitrogens is 1. The van der Waals surface area contributed by atoms with Gasteiger partial charge in [0.05, 0.1) is 0 Å². The van der Waals surface area contributed by atoms with Crippen molar-refractivity contribution < 1.29 is 0 Å². The Bertz CT molecular complexity index is 500. The van der Waals surface area contributed by atoms with Gasteiger partial charge in [-0.15, -0.1) is 0 Å². The highest BCUT2D eigenvalue weighted by molar-refractivity contribution is 9.10. The molecule has 2 rings (SSSR count). The molecule has 0 radical (unpaired) electrons. The molecule has 0 fully saturated rings. The fourth-order valence-electron chi connectivity index (χ4n) is 1.85. The third kappa shape index (κ3) is 2.30. The molecule has 0 aliphatic rings. The molecular weight excluding hydrogens is 264 g/mol. The van der Waals surface area contributed by atoms with Gasteiger partial charge in [0.15, 0.2) is 0 Å². The topological polar surface area (TPSA) is 27.8 Å². The number of fused-ring (bicyclic) bond motifs is 1. The predicted octanol–water partition coefficient (Wildman–Crippen LogP) is 3.74. The van der Waals surface area contributed by atoms with Crippen LogP contribution in [0.2, 0.25) is 0 Å². The van der Waals surface area contributed by atoms with Crippen molar-refractivity contribution in [1.82, 2.24) is 10.3 Å². The van der Waals surface area contributed by atoms with E-state index >= 15 is 0 Å². The van der Waals surface area contributed by atoms with Gasteiger partial charge in [0.2, 0.25) is 0 Å². The highest BCUT2D eigenvalue weighted by Crippen LogP contribution is 2.24. The van der Waals surface area contributed by atoms with Gasteiger partial charge in [-0.2, -0.15) is 0 Å². The molecule has 0 saturated heterocycles. The van der Waals surface area contributed by atoms with Gasteiger partial charge < -0.3 is 10.3 Å². The number of hydrogen-bond donors (Lipinski definition) is 2. The van der Waals surface area contributed by atoms with E-state index in [1.165, 1.54) is 22.2 Å². The lowest BCUT2D eigenvalue weighted by Gasteiger charge is -2.07. The van der Waals surface area contributed by atoms with Crippen molar-refractivity contribution in [3.05, 3.63) is 33.9 Å². The van der Waals surface area contributed by atoms with Crippen molar-refractivity contribution in [2.75, 3.05) is 0 Å². The summed E-state index contributed by atoms with van der Waals surface area (Å²) in [7, 11) is 0. The van der Waals surface area contributed by atoms with Crippen LogP contribution in [0.5, 0.6) is 0 Å². The van der Waals surface area contributed by atoms with E-state index < -0.39 is 0 Å². The molecule has 0 amide bonds. The zero-order valence-corrected chi connectivity index (χ0v) is 11.5. The van der Waals surface area contributed by atoms with E-state index in [9.17, 15) is 0 Å². The minimum absolute atomic E-state index is 0.512. The van der Waals surface area contributed by atoms with Gasteiger partial charge in [0.1, 0.15) is 0 Å². The van der Waals surface area contributed by atoms with E-state index in [0.29, 0.717) is 6.04 Å². The van der Waals surface area contributed by atoms with Gasteiger partial charge in [-0.3, -0.25) is 0 Å². The van der Waals surface area contributed by atoms with Crippen LogP contribution in [0.15, 0.2) is 22.7 Å². The van der Waals surface area contributed by atoms with Crippen LogP contribution in [-0.2, 0) is 6.54 Å². The first kappa shape index (κ1) is 11.7. The Labute approximate surface area is 105 Å². The highest BCUT2D eigenvalue weighted by atomic mass is 79.9. The lowest BCUT2D eigenvalue weighted by molar-refractivity contribution is 0.582. The highest BCUT2D eigenvalue weighted by Gasteiger charge is 2.07. The molecule has 1 heterocycles. The van der Waals surface area contributed by atoms with Crippen LogP contribution >= 0.6 is 15.9 Å². The average Bonchev–Trinajstić information content (AvgIpc) is 2.52. The summed E-state index contributed by atoms with van der Waals surface area (Å²) in [6.07, 6.45) is 0. The predicted molar refractivity (Wildman–Crippen MR) is 72.7 cm³/mol. The third-order valence-electron chi connectivity index (χ3n) is 2.81. The van der Waals surface area contributed by atoms with Crippen LogP contribution in [0.3, 0.4) is 0 Å². The molecule has 2 aromatic rings. The summed E-state index contributed by atoms with van der Waals surface area (Å²) in [5.74, 6) is 0. The summed E-state index contributed by atoms with van der Waals surface area (Å²) >= 11 is 3.49. The Morgan fingerprint density at radius 2 is 2.12 bits per heavy atom. The van der Waals surface area contributed by atoms with E-state index in [0.717, 1.165) is 11.0 Å². The molecule has 0 unspecified atom stereocenters. The maximum atomic E-state index is 3.49. The number of rotatable bonds is 3. The lowest BCUT2D eigenvalue weighted by Crippen LogP contribution is -2.22. The first-order valence-electron chi connectivity index (χ1n) is 5.58. The summed E-state index contributed by atoms with van der Waals surface area (Å²) in [6, 6.07) is 6.88. The Morgan fingerprint density at radius 3 is 2.81 bits per heavy atom. The van der Waals surface area contributed by atoms with E-state index in [4.69, 9.17) is 0 Å². The number of H-pyrrole nitrogens is 1. The maximum Gasteiger partial charge on any atom is 0.0470 e. The van der Waals surface area contributed by atoms with Crippen molar-refractivity contribution in [3.8, 4) is 0 Å². The largest absolute Gasteiger partial charge is 0.357 e. The molecule has 86 valence electrons. The number of aromatic amines is 1. The number of hydrogen-bond acceptors (Lipinski definition) is 1. The molecule has 0 aliphatic carbocycles. The van der Waals surface area contributed by atoms with Crippen LogP contribution in [0, 0.1) is 6.92 Å². The second-order valence-electron chi connectivity index (χ2n) is 4.45. The monoisotopic (exact) mass is 280 g/mol. The second kappa shape index (κ2) is 4.60. The average molecular weight is 281 g/mol. The second-order valence-corrected chi connectivity index (χ2v) is 5.37. The zero-order chi connectivity index (χ0) is 11.7. The molecule has 16 heavy (non-hydrogen) atoms. The van der Waals surface area contributed by atoms with Crippen molar-refractivity contribution in [1.29, 1.82) is 0 Å². The first-order chi connectivity index (χ1) is 7.58. The standard InChI is InChI=1S/C13H17BrN2/c1-8(2)15-7-13-9(3)11-5-4-10(14)6-12(11)16-13/h4-6,8,15-16H,7H2,1-3H3. The summed E-state index contributed by atoms with van der Waals surface area (Å²) in [6.45, 7) is 7.39. The van der Waals surface area contributed by atoms with E-state index in [1.54, 1.807) is 0 Å². The Balaban J connectivity index is 2.36. The zero-order valence-electron chi connectivity index (χ0n) is 9.89. The summed E-state index contributed by atoms with van der Waals surface area (Å²) in [5, 5.41) is 4.74. The quantitative estimate of drug-likeness (QED) is 0.881. The fourth-order valence-corrected chi connectivity index (χ4v) is 2.21. The molecule has 0 bridgehead atoms. The fraction of sp³-hybridized carbons (Fsp3) is 0.385. The molecule has 0 aliphatic heterocycles. The van der Waals surface area contributed by atoms with Crippen LogP contribution in [0.1, 0.15) is 25.1 Å². The Hall–Kier alpha value is -0.800. The van der Waals surface area contributed by atoms with Gasteiger partial charge in [0, 0.05) is 33.7 Å². The molecule has 2 nitrogen and oxygen atoms in total. The van der Waals surface area contributed by atoms with Gasteiger partial charge in [0.25, 0.3) is 0 Å². The molecule has 0 saturated carbocycles. The maximum absolute atomic E-state index is 3.49. The minimum atomic E-state index is 0.512. The molecular formula is C13H17BrN2. The number of benzene rings is 1. The number of aryl methyl sites for hydroxylation is 1. The lowest BCUT2D eigenvalue weighted by atomic mass is 10.1. The van der Waals surface area contributed by atoms with Gasteiger partial charge in [-0.05, 0) is 24.6 Å². The third-order valence-corrected chi connectivity index (χ3v) is 3.30. The SMILES string of the molecule is Cc1c(CNC(C)C)[nH]c2cc(Br)ccc12. The Morgan fingerprint density at radius 1 is 1.38 bits per heavy atom. The van der Waals surface area contributed by atoms with Crippen LogP contribution < -0.4 is 5.32 Å². The van der Waals surface area contributed by atoms with E-state index in [-0.39, 0.29) is 0 Å². The summed E-state index contributed by atoms with van der Waals surface area (Å²) < 4.78 is 1.12. The summed E-state index contributed by atoms with van der Waals surface area (Å²) in [5.41, 5.74) is 3.82. The molecule has 0 spiro atoms. The van der Waals surface area contributed by atoms with Crippen molar-refractivity contribution in [2.24, 2.45) is 0 Å².